The van der Waals surface area contributed by atoms with Gasteiger partial charge in [0.25, 0.3) is 0 Å². The van der Waals surface area contributed by atoms with Crippen LogP contribution in [-0.4, -0.2) is 9.97 Å². The molecule has 0 bridgehead atoms. The van der Waals surface area contributed by atoms with Crippen molar-refractivity contribution in [3.05, 3.63) is 71.8 Å². The summed E-state index contributed by atoms with van der Waals surface area (Å²) in [5.74, 6) is 1.21. The monoisotopic (exact) mass is 340 g/mol. The number of benzene rings is 3. The molecule has 0 spiro atoms. The maximum Gasteiger partial charge on any atom is 0.227 e. The van der Waals surface area contributed by atoms with E-state index in [2.05, 4.69) is 48.1 Å². The zero-order valence-electron chi connectivity index (χ0n) is 14.5. The van der Waals surface area contributed by atoms with Crippen molar-refractivity contribution in [2.45, 2.75) is 13.8 Å². The molecule has 5 rings (SSSR count). The van der Waals surface area contributed by atoms with Crippen LogP contribution in [0.15, 0.2) is 69.5 Å². The summed E-state index contributed by atoms with van der Waals surface area (Å²) in [5.41, 5.74) is 7.21. The van der Waals surface area contributed by atoms with Gasteiger partial charge in [-0.25, -0.2) is 9.97 Å². The minimum absolute atomic E-state index is 0.607. The molecule has 0 radical (unpaired) electrons. The highest BCUT2D eigenvalue weighted by Crippen LogP contribution is 2.31. The number of rotatable bonds is 2. The van der Waals surface area contributed by atoms with Gasteiger partial charge in [0.1, 0.15) is 11.0 Å². The molecule has 4 heteroatoms. The molecule has 3 aromatic carbocycles. The molecule has 0 N–H and O–H groups in total. The maximum absolute atomic E-state index is 5.96. The van der Waals surface area contributed by atoms with Crippen LogP contribution in [0.4, 0.5) is 0 Å². The van der Waals surface area contributed by atoms with E-state index in [4.69, 9.17) is 8.83 Å². The van der Waals surface area contributed by atoms with Crippen LogP contribution >= 0.6 is 0 Å². The molecule has 4 nitrogen and oxygen atoms in total. The first-order valence-corrected chi connectivity index (χ1v) is 8.51. The van der Waals surface area contributed by atoms with Gasteiger partial charge >= 0.3 is 0 Å². The molecule has 0 saturated carbocycles. The molecule has 26 heavy (non-hydrogen) atoms. The molecule has 5 aromatic rings. The number of fused-ring (bicyclic) bond motifs is 2. The molecule has 0 amide bonds. The van der Waals surface area contributed by atoms with Crippen molar-refractivity contribution in [1.29, 1.82) is 0 Å². The summed E-state index contributed by atoms with van der Waals surface area (Å²) in [6.45, 7) is 4.10. The van der Waals surface area contributed by atoms with Crippen molar-refractivity contribution in [3.8, 4) is 22.9 Å². The lowest BCUT2D eigenvalue weighted by Crippen LogP contribution is -1.78. The Morgan fingerprint density at radius 1 is 0.615 bits per heavy atom. The van der Waals surface area contributed by atoms with Crippen LogP contribution in [0.2, 0.25) is 0 Å². The van der Waals surface area contributed by atoms with Crippen LogP contribution in [0, 0.1) is 13.8 Å². The van der Waals surface area contributed by atoms with Crippen molar-refractivity contribution >= 4 is 22.2 Å². The van der Waals surface area contributed by atoms with Gasteiger partial charge in [-0.15, -0.1) is 0 Å². The zero-order chi connectivity index (χ0) is 17.7. The summed E-state index contributed by atoms with van der Waals surface area (Å²) in [6.07, 6.45) is 0. The maximum atomic E-state index is 5.96. The minimum Gasteiger partial charge on any atom is -0.436 e. The normalized spacial score (nSPS) is 11.5. The number of oxazole rings is 2. The summed E-state index contributed by atoms with van der Waals surface area (Å²) in [6, 6.07) is 20.0. The van der Waals surface area contributed by atoms with Gasteiger partial charge in [0.15, 0.2) is 11.2 Å². The quantitative estimate of drug-likeness (QED) is 0.400. The largest absolute Gasteiger partial charge is 0.436 e. The number of aryl methyl sites for hydroxylation is 2. The van der Waals surface area contributed by atoms with Crippen molar-refractivity contribution in [1.82, 2.24) is 9.97 Å². The predicted octanol–water partition coefficient (Wildman–Crippen LogP) is 5.92. The average molecular weight is 340 g/mol. The number of aromatic nitrogens is 2. The van der Waals surface area contributed by atoms with Gasteiger partial charge in [0.05, 0.1) is 0 Å². The van der Waals surface area contributed by atoms with Crippen molar-refractivity contribution in [2.75, 3.05) is 0 Å². The van der Waals surface area contributed by atoms with Crippen LogP contribution in [-0.2, 0) is 0 Å². The van der Waals surface area contributed by atoms with E-state index in [1.54, 1.807) is 0 Å². The van der Waals surface area contributed by atoms with E-state index < -0.39 is 0 Å². The van der Waals surface area contributed by atoms with Crippen LogP contribution in [0.5, 0.6) is 0 Å². The highest BCUT2D eigenvalue weighted by Gasteiger charge is 2.14. The SMILES string of the molecule is Cc1cccc(-c2nc3cc4oc(-c5cccc(C)c5)nc4cc3o2)c1. The van der Waals surface area contributed by atoms with Gasteiger partial charge in [0, 0.05) is 23.3 Å². The Morgan fingerprint density at radius 2 is 1.08 bits per heavy atom. The number of nitrogens with zero attached hydrogens (tertiary/aromatic N) is 2. The minimum atomic E-state index is 0.607. The van der Waals surface area contributed by atoms with E-state index in [0.29, 0.717) is 22.9 Å². The Hall–Kier alpha value is -3.40. The fraction of sp³-hybridized carbons (Fsp3) is 0.0909. The summed E-state index contributed by atoms with van der Waals surface area (Å²) in [7, 11) is 0. The summed E-state index contributed by atoms with van der Waals surface area (Å²) >= 11 is 0. The topological polar surface area (TPSA) is 52.1 Å². The third kappa shape index (κ3) is 2.47. The summed E-state index contributed by atoms with van der Waals surface area (Å²) in [4.78, 5) is 9.23. The van der Waals surface area contributed by atoms with Gasteiger partial charge in [-0.2, -0.15) is 0 Å². The summed E-state index contributed by atoms with van der Waals surface area (Å²) in [5, 5.41) is 0. The molecule has 2 heterocycles. The zero-order valence-corrected chi connectivity index (χ0v) is 14.5. The highest BCUT2D eigenvalue weighted by atomic mass is 16.4. The van der Waals surface area contributed by atoms with Crippen LogP contribution < -0.4 is 0 Å². The van der Waals surface area contributed by atoms with Gasteiger partial charge in [-0.1, -0.05) is 35.4 Å². The Balaban J connectivity index is 1.63. The highest BCUT2D eigenvalue weighted by molar-refractivity contribution is 5.91. The number of hydrogen-bond acceptors (Lipinski definition) is 4. The van der Waals surface area contributed by atoms with Gasteiger partial charge in [-0.05, 0) is 38.1 Å². The van der Waals surface area contributed by atoms with E-state index in [1.165, 1.54) is 11.1 Å². The fourth-order valence-electron chi connectivity index (χ4n) is 3.15. The predicted molar refractivity (Wildman–Crippen MR) is 102 cm³/mol. The van der Waals surface area contributed by atoms with Crippen LogP contribution in [0.3, 0.4) is 0 Å². The first-order valence-electron chi connectivity index (χ1n) is 8.51. The van der Waals surface area contributed by atoms with E-state index >= 15 is 0 Å². The van der Waals surface area contributed by atoms with E-state index in [1.807, 2.05) is 36.4 Å². The molecule has 0 atom stereocenters. The van der Waals surface area contributed by atoms with Crippen molar-refractivity contribution < 1.29 is 8.83 Å². The Bertz CT molecular complexity index is 1120. The first kappa shape index (κ1) is 14.9. The molecule has 0 aliphatic carbocycles. The van der Waals surface area contributed by atoms with Crippen LogP contribution in [0.25, 0.3) is 45.1 Å². The molecule has 2 aromatic heterocycles. The molecule has 0 fully saturated rings. The first-order chi connectivity index (χ1) is 12.7. The third-order valence-electron chi connectivity index (χ3n) is 4.43. The third-order valence-corrected chi connectivity index (χ3v) is 4.43. The lowest BCUT2D eigenvalue weighted by Gasteiger charge is -1.96. The molecule has 0 unspecified atom stereocenters. The smallest absolute Gasteiger partial charge is 0.227 e. The van der Waals surface area contributed by atoms with Crippen molar-refractivity contribution in [3.63, 3.8) is 0 Å². The number of hydrogen-bond donors (Lipinski definition) is 0. The Kier molecular flexibility index (Phi) is 3.19. The molecule has 0 saturated heterocycles. The summed E-state index contributed by atoms with van der Waals surface area (Å²) < 4.78 is 11.9. The average Bonchev–Trinajstić information content (AvgIpc) is 3.22. The fourth-order valence-corrected chi connectivity index (χ4v) is 3.15. The molecule has 126 valence electrons. The standard InChI is InChI=1S/C22H16N2O2/c1-13-5-3-7-15(9-13)21-23-17-11-20-18(12-19(17)25-21)24-22(26-20)16-8-4-6-14(2)10-16/h3-12H,1-2H3. The molecular formula is C22H16N2O2. The second-order valence-corrected chi connectivity index (χ2v) is 6.56. The lowest BCUT2D eigenvalue weighted by molar-refractivity contribution is 0.618. The second-order valence-electron chi connectivity index (χ2n) is 6.56. The Morgan fingerprint density at radius 3 is 1.50 bits per heavy atom. The van der Waals surface area contributed by atoms with Gasteiger partial charge in [-0.3, -0.25) is 0 Å². The van der Waals surface area contributed by atoms with E-state index in [9.17, 15) is 0 Å². The van der Waals surface area contributed by atoms with E-state index in [0.717, 1.165) is 22.2 Å². The van der Waals surface area contributed by atoms with E-state index in [-0.39, 0.29) is 0 Å². The molecule has 0 aliphatic heterocycles. The second kappa shape index (κ2) is 5.56. The Labute approximate surface area is 150 Å². The van der Waals surface area contributed by atoms with Crippen LogP contribution in [0.1, 0.15) is 11.1 Å². The molecule has 0 aliphatic rings. The van der Waals surface area contributed by atoms with Gasteiger partial charge in [0.2, 0.25) is 11.8 Å². The molecular weight excluding hydrogens is 324 g/mol. The lowest BCUT2D eigenvalue weighted by atomic mass is 10.1. The van der Waals surface area contributed by atoms with Crippen molar-refractivity contribution in [2.24, 2.45) is 0 Å². The van der Waals surface area contributed by atoms with Gasteiger partial charge < -0.3 is 8.83 Å².